The maximum Gasteiger partial charge on any atom is 0.0854 e. The van der Waals surface area contributed by atoms with Crippen LogP contribution >= 0.6 is 0 Å². The molecule has 0 amide bonds. The topological polar surface area (TPSA) is 38.7 Å². The van der Waals surface area contributed by atoms with E-state index >= 15 is 0 Å². The molecule has 0 heterocycles. The third-order valence-corrected chi connectivity index (χ3v) is 1.92. The number of methoxy groups -OCH3 is 2. The van der Waals surface area contributed by atoms with Crippen molar-refractivity contribution in [1.82, 2.24) is 0 Å². The summed E-state index contributed by atoms with van der Waals surface area (Å²) in [6.45, 7) is 2.75. The summed E-state index contributed by atoms with van der Waals surface area (Å²) in [7, 11) is 3.28. The van der Waals surface area contributed by atoms with Crippen LogP contribution in [0.1, 0.15) is 13.3 Å². The van der Waals surface area contributed by atoms with Crippen molar-refractivity contribution in [3.63, 3.8) is 0 Å². The first-order chi connectivity index (χ1) is 5.29. The van der Waals surface area contributed by atoms with E-state index in [0.29, 0.717) is 6.61 Å². The zero-order chi connectivity index (χ0) is 8.69. The van der Waals surface area contributed by atoms with Crippen molar-refractivity contribution in [2.24, 2.45) is 5.92 Å². The molecule has 0 saturated carbocycles. The van der Waals surface area contributed by atoms with Gasteiger partial charge in [-0.3, -0.25) is 0 Å². The summed E-state index contributed by atoms with van der Waals surface area (Å²) in [5, 5.41) is 8.92. The Bertz CT molecular complexity index is 81.4. The standard InChI is InChI=1S/C8H18O3/c1-4-7(5-9)8(11-3)6-10-2/h7-9H,4-6H2,1-3H3. The maximum absolute atomic E-state index is 8.92. The van der Waals surface area contributed by atoms with Crippen molar-refractivity contribution in [3.05, 3.63) is 0 Å². The molecule has 0 radical (unpaired) electrons. The first kappa shape index (κ1) is 10.9. The molecule has 0 aromatic rings. The van der Waals surface area contributed by atoms with Gasteiger partial charge in [0.2, 0.25) is 0 Å². The van der Waals surface area contributed by atoms with Crippen molar-refractivity contribution >= 4 is 0 Å². The van der Waals surface area contributed by atoms with Gasteiger partial charge in [-0.2, -0.15) is 0 Å². The molecule has 0 aromatic heterocycles. The number of rotatable bonds is 6. The van der Waals surface area contributed by atoms with Crippen LogP contribution in [0, 0.1) is 5.92 Å². The van der Waals surface area contributed by atoms with Crippen molar-refractivity contribution in [2.45, 2.75) is 19.4 Å². The molecule has 0 aromatic carbocycles. The monoisotopic (exact) mass is 162 g/mol. The van der Waals surface area contributed by atoms with Gasteiger partial charge in [0.15, 0.2) is 0 Å². The van der Waals surface area contributed by atoms with E-state index in [4.69, 9.17) is 14.6 Å². The average Bonchev–Trinajstić information content (AvgIpc) is 2.05. The molecule has 11 heavy (non-hydrogen) atoms. The van der Waals surface area contributed by atoms with E-state index in [9.17, 15) is 0 Å². The Labute approximate surface area is 68.3 Å². The van der Waals surface area contributed by atoms with Crippen LogP contribution in [0.2, 0.25) is 0 Å². The molecule has 0 bridgehead atoms. The van der Waals surface area contributed by atoms with E-state index < -0.39 is 0 Å². The van der Waals surface area contributed by atoms with Crippen molar-refractivity contribution in [1.29, 1.82) is 0 Å². The highest BCUT2D eigenvalue weighted by atomic mass is 16.5. The molecular formula is C8H18O3. The summed E-state index contributed by atoms with van der Waals surface area (Å²) in [5.41, 5.74) is 0. The molecule has 1 N–H and O–H groups in total. The summed E-state index contributed by atoms with van der Waals surface area (Å²) in [6, 6.07) is 0. The molecule has 0 fully saturated rings. The molecule has 0 aliphatic rings. The molecule has 3 heteroatoms. The number of hydrogen-bond acceptors (Lipinski definition) is 3. The van der Waals surface area contributed by atoms with Gasteiger partial charge >= 0.3 is 0 Å². The Kier molecular flexibility index (Phi) is 6.51. The molecule has 68 valence electrons. The minimum atomic E-state index is 0.0231. The number of hydrogen-bond donors (Lipinski definition) is 1. The van der Waals surface area contributed by atoms with Crippen LogP contribution in [0.5, 0.6) is 0 Å². The van der Waals surface area contributed by atoms with Crippen molar-refractivity contribution in [3.8, 4) is 0 Å². The summed E-state index contributed by atoms with van der Waals surface area (Å²) in [4.78, 5) is 0. The lowest BCUT2D eigenvalue weighted by Crippen LogP contribution is -2.29. The van der Waals surface area contributed by atoms with Gasteiger partial charge in [-0.25, -0.2) is 0 Å². The fourth-order valence-electron chi connectivity index (χ4n) is 1.07. The normalized spacial score (nSPS) is 16.4. The lowest BCUT2D eigenvalue weighted by atomic mass is 10.0. The molecule has 0 spiro atoms. The van der Waals surface area contributed by atoms with E-state index in [0.717, 1.165) is 6.42 Å². The maximum atomic E-state index is 8.92. The van der Waals surface area contributed by atoms with Crippen LogP contribution in [0.15, 0.2) is 0 Å². The summed E-state index contributed by atoms with van der Waals surface area (Å²) in [6.07, 6.45) is 0.938. The minimum absolute atomic E-state index is 0.0231. The summed E-state index contributed by atoms with van der Waals surface area (Å²) >= 11 is 0. The van der Waals surface area contributed by atoms with Gasteiger partial charge in [0.05, 0.1) is 12.7 Å². The molecule has 0 aliphatic heterocycles. The van der Waals surface area contributed by atoms with Gasteiger partial charge in [0.1, 0.15) is 0 Å². The quantitative estimate of drug-likeness (QED) is 0.623. The second kappa shape index (κ2) is 6.58. The van der Waals surface area contributed by atoms with Gasteiger partial charge in [-0.15, -0.1) is 0 Å². The number of ether oxygens (including phenoxy) is 2. The van der Waals surface area contributed by atoms with Gasteiger partial charge in [-0.1, -0.05) is 6.92 Å². The Morgan fingerprint density at radius 1 is 1.36 bits per heavy atom. The zero-order valence-corrected chi connectivity index (χ0v) is 7.54. The summed E-state index contributed by atoms with van der Waals surface area (Å²) < 4.78 is 10.1. The van der Waals surface area contributed by atoms with Gasteiger partial charge in [0.25, 0.3) is 0 Å². The molecule has 0 saturated heterocycles. The van der Waals surface area contributed by atoms with E-state index in [1.54, 1.807) is 14.2 Å². The van der Waals surface area contributed by atoms with E-state index in [1.165, 1.54) is 0 Å². The van der Waals surface area contributed by atoms with E-state index in [-0.39, 0.29) is 18.6 Å². The van der Waals surface area contributed by atoms with Crippen LogP contribution in [0.3, 0.4) is 0 Å². The van der Waals surface area contributed by atoms with Crippen LogP contribution in [0.4, 0.5) is 0 Å². The third-order valence-electron chi connectivity index (χ3n) is 1.92. The minimum Gasteiger partial charge on any atom is -0.396 e. The fourth-order valence-corrected chi connectivity index (χ4v) is 1.07. The molecule has 2 unspecified atom stereocenters. The Morgan fingerprint density at radius 2 is 2.00 bits per heavy atom. The lowest BCUT2D eigenvalue weighted by molar-refractivity contribution is -0.0245. The largest absolute Gasteiger partial charge is 0.396 e. The van der Waals surface area contributed by atoms with Gasteiger partial charge in [-0.05, 0) is 6.42 Å². The predicted molar refractivity (Wildman–Crippen MR) is 43.5 cm³/mol. The van der Waals surface area contributed by atoms with Crippen LogP contribution < -0.4 is 0 Å². The summed E-state index contributed by atoms with van der Waals surface area (Å²) in [5.74, 6) is 0.194. The van der Waals surface area contributed by atoms with Crippen LogP contribution in [-0.4, -0.2) is 38.6 Å². The predicted octanol–water partition coefficient (Wildman–Crippen LogP) is 0.666. The van der Waals surface area contributed by atoms with Gasteiger partial charge in [0, 0.05) is 26.7 Å². The number of aliphatic hydroxyl groups is 1. The SMILES string of the molecule is CCC(CO)C(COC)OC. The van der Waals surface area contributed by atoms with Crippen molar-refractivity contribution < 1.29 is 14.6 Å². The molecule has 2 atom stereocenters. The Hall–Kier alpha value is -0.120. The Balaban J connectivity index is 3.76. The highest BCUT2D eigenvalue weighted by Gasteiger charge is 2.17. The third kappa shape index (κ3) is 3.70. The highest BCUT2D eigenvalue weighted by molar-refractivity contribution is 4.67. The Morgan fingerprint density at radius 3 is 2.27 bits per heavy atom. The number of aliphatic hydroxyl groups excluding tert-OH is 1. The van der Waals surface area contributed by atoms with Crippen LogP contribution in [-0.2, 0) is 9.47 Å². The average molecular weight is 162 g/mol. The lowest BCUT2D eigenvalue weighted by Gasteiger charge is -2.22. The van der Waals surface area contributed by atoms with Crippen molar-refractivity contribution in [2.75, 3.05) is 27.4 Å². The van der Waals surface area contributed by atoms with E-state index in [2.05, 4.69) is 0 Å². The first-order valence-corrected chi connectivity index (χ1v) is 3.92. The molecule has 0 rings (SSSR count). The second-order valence-electron chi connectivity index (χ2n) is 2.58. The smallest absolute Gasteiger partial charge is 0.0854 e. The highest BCUT2D eigenvalue weighted by Crippen LogP contribution is 2.10. The van der Waals surface area contributed by atoms with E-state index in [1.807, 2.05) is 6.92 Å². The molecule has 3 nitrogen and oxygen atoms in total. The zero-order valence-electron chi connectivity index (χ0n) is 7.54. The molecule has 0 aliphatic carbocycles. The van der Waals surface area contributed by atoms with Gasteiger partial charge < -0.3 is 14.6 Å². The molecular weight excluding hydrogens is 144 g/mol. The second-order valence-corrected chi connectivity index (χ2v) is 2.58. The first-order valence-electron chi connectivity index (χ1n) is 3.92. The van der Waals surface area contributed by atoms with Crippen LogP contribution in [0.25, 0.3) is 0 Å². The fraction of sp³-hybridized carbons (Fsp3) is 1.00.